The molecule has 0 spiro atoms. The van der Waals surface area contributed by atoms with Crippen LogP contribution in [0.2, 0.25) is 0 Å². The van der Waals surface area contributed by atoms with Gasteiger partial charge < -0.3 is 5.32 Å². The first-order valence-electron chi connectivity index (χ1n) is 7.98. The summed E-state index contributed by atoms with van der Waals surface area (Å²) in [5.74, 6) is 3.92. The van der Waals surface area contributed by atoms with Crippen LogP contribution >= 0.6 is 0 Å². The highest BCUT2D eigenvalue weighted by Gasteiger charge is 2.52. The van der Waals surface area contributed by atoms with Crippen molar-refractivity contribution >= 4 is 0 Å². The number of likely N-dealkylation sites (N-methyl/N-ethyl adjacent to an activating group) is 1. The lowest BCUT2D eigenvalue weighted by molar-refractivity contribution is -0.0347. The summed E-state index contributed by atoms with van der Waals surface area (Å²) in [7, 11) is 2.06. The molecule has 0 saturated heterocycles. The molecule has 4 fully saturated rings. The van der Waals surface area contributed by atoms with Crippen LogP contribution in [0.25, 0.3) is 0 Å². The molecule has 0 heterocycles. The predicted octanol–water partition coefficient (Wildman–Crippen LogP) is 4.00. The molecule has 0 aliphatic heterocycles. The minimum atomic E-state index is 0.611. The van der Waals surface area contributed by atoms with Crippen molar-refractivity contribution in [2.45, 2.75) is 52.4 Å². The summed E-state index contributed by atoms with van der Waals surface area (Å²) in [5.41, 5.74) is 2.40. The van der Waals surface area contributed by atoms with Crippen LogP contribution in [0.5, 0.6) is 0 Å². The zero-order chi connectivity index (χ0) is 12.8. The Hall–Kier alpha value is -0.300. The highest BCUT2D eigenvalue weighted by atomic mass is 14.8. The van der Waals surface area contributed by atoms with Gasteiger partial charge in [0, 0.05) is 6.54 Å². The largest absolute Gasteiger partial charge is 0.316 e. The topological polar surface area (TPSA) is 12.0 Å². The Kier molecular flexibility index (Phi) is 3.30. The van der Waals surface area contributed by atoms with E-state index in [1.54, 1.807) is 24.8 Å². The lowest BCUT2D eigenvalue weighted by atomic mass is 9.47. The Labute approximate surface area is 112 Å². The summed E-state index contributed by atoms with van der Waals surface area (Å²) in [5, 5.41) is 3.31. The van der Waals surface area contributed by atoms with E-state index in [-0.39, 0.29) is 0 Å². The summed E-state index contributed by atoms with van der Waals surface area (Å²) in [6.45, 7) is 5.86. The van der Waals surface area contributed by atoms with E-state index in [1.165, 1.54) is 19.3 Å². The molecule has 0 radical (unpaired) electrons. The molecular weight excluding hydrogens is 218 g/mol. The quantitative estimate of drug-likeness (QED) is 0.740. The highest BCUT2D eigenvalue weighted by molar-refractivity contribution is 5.23. The van der Waals surface area contributed by atoms with Gasteiger partial charge in [0.15, 0.2) is 0 Å². The first-order chi connectivity index (χ1) is 8.63. The van der Waals surface area contributed by atoms with Crippen LogP contribution in [0.4, 0.5) is 0 Å². The van der Waals surface area contributed by atoms with Crippen LogP contribution in [0, 0.1) is 29.1 Å². The van der Waals surface area contributed by atoms with E-state index in [1.807, 2.05) is 0 Å². The summed E-state index contributed by atoms with van der Waals surface area (Å²) in [4.78, 5) is 0. The Morgan fingerprint density at radius 1 is 1.11 bits per heavy atom. The molecular formula is C17H29N. The summed E-state index contributed by atoms with van der Waals surface area (Å²) >= 11 is 0. The maximum Gasteiger partial charge on any atom is 0.0134 e. The van der Waals surface area contributed by atoms with Gasteiger partial charge >= 0.3 is 0 Å². The van der Waals surface area contributed by atoms with E-state index < -0.39 is 0 Å². The van der Waals surface area contributed by atoms with Gasteiger partial charge in [-0.1, -0.05) is 25.5 Å². The average Bonchev–Trinajstić information content (AvgIpc) is 2.26. The number of allylic oxidation sites excluding steroid dienone is 1. The number of rotatable bonds is 4. The van der Waals surface area contributed by atoms with Gasteiger partial charge in [0.1, 0.15) is 0 Å². The van der Waals surface area contributed by atoms with Crippen molar-refractivity contribution in [2.75, 3.05) is 13.6 Å². The SMILES string of the molecule is CNC/C=C(\C(C)C)C12CC3CC(CC(C3)C1)C2. The van der Waals surface area contributed by atoms with Gasteiger partial charge in [0.2, 0.25) is 0 Å². The van der Waals surface area contributed by atoms with Crippen molar-refractivity contribution < 1.29 is 0 Å². The molecule has 0 aromatic carbocycles. The van der Waals surface area contributed by atoms with E-state index in [4.69, 9.17) is 0 Å². The van der Waals surface area contributed by atoms with Crippen LogP contribution in [0.15, 0.2) is 11.6 Å². The Morgan fingerprint density at radius 3 is 2.00 bits per heavy atom. The van der Waals surface area contributed by atoms with Crippen LogP contribution < -0.4 is 5.32 Å². The fourth-order valence-corrected chi connectivity index (χ4v) is 5.74. The standard InChI is InChI=1S/C17H29N/c1-12(2)16(4-5-18-3)17-9-13-6-14(10-17)8-15(7-13)11-17/h4,12-15,18H,5-11H2,1-3H3/b16-4+. The van der Waals surface area contributed by atoms with E-state index >= 15 is 0 Å². The van der Waals surface area contributed by atoms with Crippen LogP contribution in [0.1, 0.15) is 52.4 Å². The van der Waals surface area contributed by atoms with Gasteiger partial charge in [-0.15, -0.1) is 0 Å². The van der Waals surface area contributed by atoms with Crippen molar-refractivity contribution in [1.82, 2.24) is 5.32 Å². The van der Waals surface area contributed by atoms with Crippen molar-refractivity contribution in [3.05, 3.63) is 11.6 Å². The Morgan fingerprint density at radius 2 is 1.61 bits per heavy atom. The first-order valence-corrected chi connectivity index (χ1v) is 7.98. The predicted molar refractivity (Wildman–Crippen MR) is 77.5 cm³/mol. The monoisotopic (exact) mass is 247 g/mol. The minimum Gasteiger partial charge on any atom is -0.316 e. The van der Waals surface area contributed by atoms with Crippen molar-refractivity contribution in [3.63, 3.8) is 0 Å². The molecule has 4 aliphatic carbocycles. The molecule has 0 aromatic heterocycles. The second-order valence-corrected chi connectivity index (χ2v) is 7.57. The summed E-state index contributed by atoms with van der Waals surface area (Å²) < 4.78 is 0. The second kappa shape index (κ2) is 4.67. The molecule has 102 valence electrons. The molecule has 1 heteroatoms. The summed E-state index contributed by atoms with van der Waals surface area (Å²) in [6.07, 6.45) is 11.7. The minimum absolute atomic E-state index is 0.611. The van der Waals surface area contributed by atoms with Crippen LogP contribution in [-0.2, 0) is 0 Å². The fourth-order valence-electron chi connectivity index (χ4n) is 5.74. The van der Waals surface area contributed by atoms with Crippen molar-refractivity contribution in [1.29, 1.82) is 0 Å². The smallest absolute Gasteiger partial charge is 0.0134 e. The molecule has 0 aromatic rings. The third-order valence-electron chi connectivity index (χ3n) is 5.80. The molecule has 18 heavy (non-hydrogen) atoms. The molecule has 4 saturated carbocycles. The maximum absolute atomic E-state index is 3.31. The second-order valence-electron chi connectivity index (χ2n) is 7.57. The molecule has 4 rings (SSSR count). The molecule has 4 aliphatic rings. The van der Waals surface area contributed by atoms with Gasteiger partial charge in [-0.3, -0.25) is 0 Å². The maximum atomic E-state index is 3.31. The van der Waals surface area contributed by atoms with E-state index in [9.17, 15) is 0 Å². The van der Waals surface area contributed by atoms with Crippen LogP contribution in [0.3, 0.4) is 0 Å². The third-order valence-corrected chi connectivity index (χ3v) is 5.80. The molecule has 1 N–H and O–H groups in total. The number of hydrogen-bond acceptors (Lipinski definition) is 1. The molecule has 1 nitrogen and oxygen atoms in total. The molecule has 0 unspecified atom stereocenters. The zero-order valence-corrected chi connectivity index (χ0v) is 12.3. The summed E-state index contributed by atoms with van der Waals surface area (Å²) in [6, 6.07) is 0. The normalized spacial score (nSPS) is 42.9. The van der Waals surface area contributed by atoms with Gasteiger partial charge in [-0.2, -0.15) is 0 Å². The lowest BCUT2D eigenvalue weighted by Gasteiger charge is -2.58. The van der Waals surface area contributed by atoms with E-state index in [0.29, 0.717) is 5.41 Å². The third kappa shape index (κ3) is 2.05. The molecule has 4 bridgehead atoms. The van der Waals surface area contributed by atoms with Gasteiger partial charge in [-0.05, 0) is 74.7 Å². The average molecular weight is 247 g/mol. The Bertz CT molecular complexity index is 304. The molecule has 0 amide bonds. The van der Waals surface area contributed by atoms with E-state index in [0.717, 1.165) is 30.2 Å². The number of hydrogen-bond donors (Lipinski definition) is 1. The van der Waals surface area contributed by atoms with E-state index in [2.05, 4.69) is 32.3 Å². The molecule has 0 atom stereocenters. The Balaban J connectivity index is 1.88. The highest BCUT2D eigenvalue weighted by Crippen LogP contribution is 2.63. The fraction of sp³-hybridized carbons (Fsp3) is 0.882. The van der Waals surface area contributed by atoms with Crippen LogP contribution in [-0.4, -0.2) is 13.6 Å². The van der Waals surface area contributed by atoms with Crippen molar-refractivity contribution in [2.24, 2.45) is 29.1 Å². The zero-order valence-electron chi connectivity index (χ0n) is 12.3. The first kappa shape index (κ1) is 12.7. The number of nitrogens with one attached hydrogen (secondary N) is 1. The van der Waals surface area contributed by atoms with Crippen molar-refractivity contribution in [3.8, 4) is 0 Å². The van der Waals surface area contributed by atoms with Gasteiger partial charge in [0.25, 0.3) is 0 Å². The lowest BCUT2D eigenvalue weighted by Crippen LogP contribution is -2.47. The van der Waals surface area contributed by atoms with Gasteiger partial charge in [-0.25, -0.2) is 0 Å². The van der Waals surface area contributed by atoms with Gasteiger partial charge in [0.05, 0.1) is 0 Å².